The van der Waals surface area contributed by atoms with Crippen molar-refractivity contribution >= 4 is 0 Å². The van der Waals surface area contributed by atoms with Gasteiger partial charge in [0.2, 0.25) is 0 Å². The van der Waals surface area contributed by atoms with Gasteiger partial charge in [0.1, 0.15) is 0 Å². The number of nitrogens with one attached hydrogen (secondary N) is 1. The molecule has 0 fully saturated rings. The van der Waals surface area contributed by atoms with E-state index in [1.54, 1.807) is 0 Å². The topological polar surface area (TPSA) is 58.3 Å². The van der Waals surface area contributed by atoms with E-state index in [4.69, 9.17) is 5.73 Å². The van der Waals surface area contributed by atoms with Crippen LogP contribution in [0.25, 0.3) is 0 Å². The van der Waals surface area contributed by atoms with Crippen LogP contribution in [0.1, 0.15) is 31.4 Å². The summed E-state index contributed by atoms with van der Waals surface area (Å²) >= 11 is 0. The first-order chi connectivity index (χ1) is 8.29. The lowest BCUT2D eigenvalue weighted by molar-refractivity contribution is 0.100. The van der Waals surface area contributed by atoms with Crippen molar-refractivity contribution < 1.29 is 5.11 Å². The van der Waals surface area contributed by atoms with Crippen LogP contribution in [0, 0.1) is 5.92 Å². The van der Waals surface area contributed by atoms with Gasteiger partial charge in [-0.2, -0.15) is 0 Å². The van der Waals surface area contributed by atoms with Crippen LogP contribution in [0.3, 0.4) is 0 Å². The minimum absolute atomic E-state index is 0.308. The number of aliphatic hydroxyl groups is 1. The van der Waals surface area contributed by atoms with Crippen molar-refractivity contribution in [2.45, 2.75) is 25.9 Å². The predicted molar refractivity (Wildman–Crippen MR) is 71.7 cm³/mol. The molecule has 3 heteroatoms. The zero-order valence-corrected chi connectivity index (χ0v) is 10.6. The maximum atomic E-state index is 10.3. The van der Waals surface area contributed by atoms with Crippen molar-refractivity contribution in [1.82, 2.24) is 5.32 Å². The molecule has 0 amide bonds. The second-order valence-corrected chi connectivity index (χ2v) is 4.35. The standard InChI is InChI=1S/C14H24N2O/c1-2-12(8-10-16-11-9-15)14(17)13-6-4-3-5-7-13/h3-7,12,14,16-17H,2,8-11,15H2,1H3. The monoisotopic (exact) mass is 236 g/mol. The van der Waals surface area contributed by atoms with E-state index in [2.05, 4.69) is 12.2 Å². The Hall–Kier alpha value is -0.900. The Bertz CT molecular complexity index is 290. The first kappa shape index (κ1) is 14.2. The second kappa shape index (κ2) is 8.23. The smallest absolute Gasteiger partial charge is 0.0818 e. The maximum absolute atomic E-state index is 10.3. The van der Waals surface area contributed by atoms with Gasteiger partial charge in [-0.3, -0.25) is 0 Å². The first-order valence-corrected chi connectivity index (χ1v) is 6.43. The molecule has 0 saturated heterocycles. The summed E-state index contributed by atoms with van der Waals surface area (Å²) in [4.78, 5) is 0. The molecule has 1 rings (SSSR count). The summed E-state index contributed by atoms with van der Waals surface area (Å²) in [5, 5.41) is 13.6. The van der Waals surface area contributed by atoms with E-state index in [1.807, 2.05) is 30.3 Å². The summed E-state index contributed by atoms with van der Waals surface area (Å²) in [6, 6.07) is 9.89. The van der Waals surface area contributed by atoms with Gasteiger partial charge >= 0.3 is 0 Å². The average molecular weight is 236 g/mol. The van der Waals surface area contributed by atoms with E-state index in [0.717, 1.165) is 31.5 Å². The molecule has 0 aliphatic carbocycles. The number of benzene rings is 1. The third-order valence-corrected chi connectivity index (χ3v) is 3.13. The number of rotatable bonds is 8. The third kappa shape index (κ3) is 4.86. The molecule has 0 aliphatic rings. The molecule has 17 heavy (non-hydrogen) atoms. The quantitative estimate of drug-likeness (QED) is 0.602. The van der Waals surface area contributed by atoms with Crippen LogP contribution in [0.2, 0.25) is 0 Å². The van der Waals surface area contributed by atoms with E-state index in [1.165, 1.54) is 0 Å². The zero-order chi connectivity index (χ0) is 12.5. The zero-order valence-electron chi connectivity index (χ0n) is 10.6. The highest BCUT2D eigenvalue weighted by Gasteiger charge is 2.18. The molecule has 3 nitrogen and oxygen atoms in total. The van der Waals surface area contributed by atoms with Gasteiger partial charge in [-0.05, 0) is 24.4 Å². The third-order valence-electron chi connectivity index (χ3n) is 3.13. The SMILES string of the molecule is CCC(CCNCCN)C(O)c1ccccc1. The fourth-order valence-corrected chi connectivity index (χ4v) is 2.02. The van der Waals surface area contributed by atoms with Crippen molar-refractivity contribution in [3.63, 3.8) is 0 Å². The molecule has 0 aliphatic heterocycles. The molecule has 4 N–H and O–H groups in total. The van der Waals surface area contributed by atoms with Gasteiger partial charge in [-0.1, -0.05) is 43.7 Å². The lowest BCUT2D eigenvalue weighted by Gasteiger charge is -2.22. The Labute approximate surface area is 104 Å². The average Bonchev–Trinajstić information content (AvgIpc) is 2.39. The summed E-state index contributed by atoms with van der Waals surface area (Å²) in [5.74, 6) is 0.308. The Morgan fingerprint density at radius 2 is 1.94 bits per heavy atom. The van der Waals surface area contributed by atoms with E-state index in [0.29, 0.717) is 12.5 Å². The van der Waals surface area contributed by atoms with Gasteiger partial charge in [-0.15, -0.1) is 0 Å². The molecule has 1 aromatic carbocycles. The Morgan fingerprint density at radius 1 is 1.24 bits per heavy atom. The number of hydrogen-bond acceptors (Lipinski definition) is 3. The fraction of sp³-hybridized carbons (Fsp3) is 0.571. The lowest BCUT2D eigenvalue weighted by atomic mass is 9.91. The molecular weight excluding hydrogens is 212 g/mol. The molecule has 0 aromatic heterocycles. The second-order valence-electron chi connectivity index (χ2n) is 4.35. The normalized spacial score (nSPS) is 14.5. The van der Waals surface area contributed by atoms with Crippen LogP contribution in [0.4, 0.5) is 0 Å². The molecule has 0 spiro atoms. The molecule has 0 heterocycles. The highest BCUT2D eigenvalue weighted by Crippen LogP contribution is 2.26. The van der Waals surface area contributed by atoms with Crippen molar-refractivity contribution in [2.24, 2.45) is 11.7 Å². The highest BCUT2D eigenvalue weighted by atomic mass is 16.3. The van der Waals surface area contributed by atoms with E-state index >= 15 is 0 Å². The molecule has 0 bridgehead atoms. The minimum Gasteiger partial charge on any atom is -0.388 e. The van der Waals surface area contributed by atoms with Crippen LogP contribution < -0.4 is 11.1 Å². The molecule has 2 atom stereocenters. The van der Waals surface area contributed by atoms with Crippen molar-refractivity contribution in [3.8, 4) is 0 Å². The summed E-state index contributed by atoms with van der Waals surface area (Å²) in [5.41, 5.74) is 6.43. The van der Waals surface area contributed by atoms with Crippen molar-refractivity contribution in [2.75, 3.05) is 19.6 Å². The van der Waals surface area contributed by atoms with Gasteiger partial charge in [0.05, 0.1) is 6.10 Å². The summed E-state index contributed by atoms with van der Waals surface area (Å²) in [6.07, 6.45) is 1.60. The molecule has 0 saturated carbocycles. The van der Waals surface area contributed by atoms with Crippen molar-refractivity contribution in [1.29, 1.82) is 0 Å². The maximum Gasteiger partial charge on any atom is 0.0818 e. The minimum atomic E-state index is -0.360. The van der Waals surface area contributed by atoms with Crippen LogP contribution in [0.5, 0.6) is 0 Å². The van der Waals surface area contributed by atoms with Gasteiger partial charge in [-0.25, -0.2) is 0 Å². The molecular formula is C14H24N2O. The van der Waals surface area contributed by atoms with E-state index < -0.39 is 0 Å². The molecule has 0 radical (unpaired) electrons. The summed E-state index contributed by atoms with van der Waals surface area (Å²) in [6.45, 7) is 4.55. The van der Waals surface area contributed by atoms with Crippen LogP contribution in [-0.4, -0.2) is 24.7 Å². The predicted octanol–water partition coefficient (Wildman–Crippen LogP) is 1.68. The summed E-state index contributed by atoms with van der Waals surface area (Å²) < 4.78 is 0. The van der Waals surface area contributed by atoms with Gasteiger partial charge < -0.3 is 16.2 Å². The van der Waals surface area contributed by atoms with Gasteiger partial charge in [0, 0.05) is 13.1 Å². The Kier molecular flexibility index (Phi) is 6.86. The Morgan fingerprint density at radius 3 is 2.53 bits per heavy atom. The lowest BCUT2D eigenvalue weighted by Crippen LogP contribution is -2.26. The van der Waals surface area contributed by atoms with Crippen molar-refractivity contribution in [3.05, 3.63) is 35.9 Å². The number of hydrogen-bond donors (Lipinski definition) is 3. The number of aliphatic hydroxyl groups excluding tert-OH is 1. The van der Waals surface area contributed by atoms with Gasteiger partial charge in [0.15, 0.2) is 0 Å². The molecule has 2 unspecified atom stereocenters. The van der Waals surface area contributed by atoms with Crippen LogP contribution in [0.15, 0.2) is 30.3 Å². The number of nitrogens with two attached hydrogens (primary N) is 1. The van der Waals surface area contributed by atoms with Gasteiger partial charge in [0.25, 0.3) is 0 Å². The van der Waals surface area contributed by atoms with E-state index in [9.17, 15) is 5.11 Å². The fourth-order valence-electron chi connectivity index (χ4n) is 2.02. The van der Waals surface area contributed by atoms with Crippen LogP contribution in [-0.2, 0) is 0 Å². The van der Waals surface area contributed by atoms with Crippen LogP contribution >= 0.6 is 0 Å². The first-order valence-electron chi connectivity index (χ1n) is 6.43. The summed E-state index contributed by atoms with van der Waals surface area (Å²) in [7, 11) is 0. The van der Waals surface area contributed by atoms with E-state index in [-0.39, 0.29) is 6.10 Å². The molecule has 96 valence electrons. The largest absolute Gasteiger partial charge is 0.388 e. The highest BCUT2D eigenvalue weighted by molar-refractivity contribution is 5.17. The Balaban J connectivity index is 2.44. The molecule has 1 aromatic rings.